The van der Waals surface area contributed by atoms with Crippen LogP contribution in [0.25, 0.3) is 10.2 Å². The number of carbonyl (C=O) groups is 2. The summed E-state index contributed by atoms with van der Waals surface area (Å²) in [4.78, 5) is 26.4. The van der Waals surface area contributed by atoms with Crippen molar-refractivity contribution < 1.29 is 19.4 Å². The van der Waals surface area contributed by atoms with Gasteiger partial charge in [-0.15, -0.1) is 0 Å². The highest BCUT2D eigenvalue weighted by molar-refractivity contribution is 7.22. The molecule has 2 rings (SSSR count). The van der Waals surface area contributed by atoms with E-state index in [1.165, 1.54) is 23.5 Å². The van der Waals surface area contributed by atoms with Gasteiger partial charge in [-0.1, -0.05) is 11.3 Å². The van der Waals surface area contributed by atoms with E-state index in [-0.39, 0.29) is 11.7 Å². The number of carboxylic acid groups (broad SMARTS) is 1. The van der Waals surface area contributed by atoms with E-state index in [1.807, 2.05) is 0 Å². The molecule has 0 saturated carbocycles. The van der Waals surface area contributed by atoms with Crippen LogP contribution in [0, 0.1) is 0 Å². The van der Waals surface area contributed by atoms with Gasteiger partial charge in [0.15, 0.2) is 5.13 Å². The lowest BCUT2D eigenvalue weighted by Crippen LogP contribution is -2.17. The zero-order valence-corrected chi connectivity index (χ0v) is 11.2. The van der Waals surface area contributed by atoms with Crippen LogP contribution in [0.2, 0.25) is 0 Å². The first-order valence-corrected chi connectivity index (χ1v) is 6.39. The molecule has 0 bridgehead atoms. The number of thiazole rings is 1. The fourth-order valence-electron chi connectivity index (χ4n) is 1.44. The topological polar surface area (TPSA) is 88.5 Å². The standard InChI is InChI=1S/C12H12N2O4S/c1-6(2)18-12(17)14-11-13-8-4-3-7(10(15)16)5-9(8)19-11/h3-6H,1-2H3,(H,15,16)(H,13,14,17). The van der Waals surface area contributed by atoms with Gasteiger partial charge >= 0.3 is 12.1 Å². The van der Waals surface area contributed by atoms with E-state index in [1.54, 1.807) is 19.9 Å². The summed E-state index contributed by atoms with van der Waals surface area (Å²) in [5, 5.41) is 11.8. The molecule has 0 spiro atoms. The maximum atomic E-state index is 11.4. The molecule has 2 aromatic rings. The normalized spacial score (nSPS) is 10.7. The molecule has 1 amide bonds. The Labute approximate surface area is 113 Å². The number of ether oxygens (including phenoxy) is 1. The Bertz CT molecular complexity index is 636. The SMILES string of the molecule is CC(C)OC(=O)Nc1nc2ccc(C(=O)O)cc2s1. The Morgan fingerprint density at radius 2 is 2.16 bits per heavy atom. The first-order valence-electron chi connectivity index (χ1n) is 5.57. The summed E-state index contributed by atoms with van der Waals surface area (Å²) < 4.78 is 5.63. The summed E-state index contributed by atoms with van der Waals surface area (Å²) in [6.45, 7) is 3.49. The Hall–Kier alpha value is -2.15. The second kappa shape index (κ2) is 5.23. The summed E-state index contributed by atoms with van der Waals surface area (Å²) in [6, 6.07) is 4.60. The van der Waals surface area contributed by atoms with E-state index in [0.29, 0.717) is 15.3 Å². The number of hydrogen-bond acceptors (Lipinski definition) is 5. The number of nitrogens with one attached hydrogen (secondary N) is 1. The molecule has 2 N–H and O–H groups in total. The third kappa shape index (κ3) is 3.19. The van der Waals surface area contributed by atoms with Crippen molar-refractivity contribution in [3.05, 3.63) is 23.8 Å². The molecule has 0 aliphatic rings. The molecule has 7 heteroatoms. The summed E-state index contributed by atoms with van der Waals surface area (Å²) in [7, 11) is 0. The third-order valence-corrected chi connectivity index (χ3v) is 3.12. The van der Waals surface area contributed by atoms with Crippen molar-refractivity contribution in [3.8, 4) is 0 Å². The highest BCUT2D eigenvalue weighted by atomic mass is 32.1. The summed E-state index contributed by atoms with van der Waals surface area (Å²) in [5.74, 6) is -0.996. The molecular weight excluding hydrogens is 268 g/mol. The predicted molar refractivity (Wildman–Crippen MR) is 71.8 cm³/mol. The molecule has 0 saturated heterocycles. The zero-order valence-electron chi connectivity index (χ0n) is 10.3. The number of carboxylic acids is 1. The van der Waals surface area contributed by atoms with Crippen LogP contribution < -0.4 is 5.32 Å². The molecular formula is C12H12N2O4S. The van der Waals surface area contributed by atoms with Crippen molar-refractivity contribution in [1.29, 1.82) is 0 Å². The van der Waals surface area contributed by atoms with Gasteiger partial charge in [0, 0.05) is 0 Å². The Balaban J connectivity index is 2.22. The van der Waals surface area contributed by atoms with Gasteiger partial charge in [-0.25, -0.2) is 14.6 Å². The minimum atomic E-state index is -0.996. The smallest absolute Gasteiger partial charge is 0.413 e. The number of aromatic carboxylic acids is 1. The van der Waals surface area contributed by atoms with Crippen LogP contribution in [0.3, 0.4) is 0 Å². The van der Waals surface area contributed by atoms with Crippen LogP contribution >= 0.6 is 11.3 Å². The van der Waals surface area contributed by atoms with E-state index >= 15 is 0 Å². The van der Waals surface area contributed by atoms with E-state index < -0.39 is 12.1 Å². The Morgan fingerprint density at radius 3 is 2.79 bits per heavy atom. The molecule has 1 aromatic carbocycles. The average Bonchev–Trinajstić information content (AvgIpc) is 2.68. The first-order chi connectivity index (χ1) is 8.95. The lowest BCUT2D eigenvalue weighted by Gasteiger charge is -2.06. The molecule has 100 valence electrons. The lowest BCUT2D eigenvalue weighted by molar-refractivity contribution is 0.0697. The average molecular weight is 280 g/mol. The number of fused-ring (bicyclic) bond motifs is 1. The highest BCUT2D eigenvalue weighted by Crippen LogP contribution is 2.27. The fraction of sp³-hybridized carbons (Fsp3) is 0.250. The van der Waals surface area contributed by atoms with Crippen molar-refractivity contribution >= 4 is 38.7 Å². The molecule has 19 heavy (non-hydrogen) atoms. The molecule has 0 fully saturated rings. The van der Waals surface area contributed by atoms with Gasteiger partial charge in [0.2, 0.25) is 0 Å². The number of rotatable bonds is 3. The van der Waals surface area contributed by atoms with Crippen LogP contribution in [-0.4, -0.2) is 28.3 Å². The number of aromatic nitrogens is 1. The fourth-order valence-corrected chi connectivity index (χ4v) is 2.33. The van der Waals surface area contributed by atoms with Crippen molar-refractivity contribution in [3.63, 3.8) is 0 Å². The Morgan fingerprint density at radius 1 is 1.42 bits per heavy atom. The molecule has 0 unspecified atom stereocenters. The van der Waals surface area contributed by atoms with E-state index in [2.05, 4.69) is 10.3 Å². The summed E-state index contributed by atoms with van der Waals surface area (Å²) in [5.41, 5.74) is 0.822. The van der Waals surface area contributed by atoms with Crippen molar-refractivity contribution in [2.24, 2.45) is 0 Å². The van der Waals surface area contributed by atoms with Gasteiger partial charge in [0.1, 0.15) is 0 Å². The van der Waals surface area contributed by atoms with Gasteiger partial charge in [-0.2, -0.15) is 0 Å². The largest absolute Gasteiger partial charge is 0.478 e. The quantitative estimate of drug-likeness (QED) is 0.902. The number of hydrogen-bond donors (Lipinski definition) is 2. The highest BCUT2D eigenvalue weighted by Gasteiger charge is 2.11. The van der Waals surface area contributed by atoms with Gasteiger partial charge in [0.05, 0.1) is 21.9 Å². The van der Waals surface area contributed by atoms with Gasteiger partial charge in [-0.05, 0) is 32.0 Å². The number of nitrogens with zero attached hydrogens (tertiary/aromatic N) is 1. The zero-order chi connectivity index (χ0) is 14.0. The van der Waals surface area contributed by atoms with Crippen LogP contribution in [-0.2, 0) is 4.74 Å². The summed E-state index contributed by atoms with van der Waals surface area (Å²) >= 11 is 1.20. The first kappa shape index (κ1) is 13.3. The molecule has 0 radical (unpaired) electrons. The molecule has 0 aliphatic carbocycles. The van der Waals surface area contributed by atoms with Crippen LogP contribution in [0.4, 0.5) is 9.93 Å². The number of amides is 1. The molecule has 6 nitrogen and oxygen atoms in total. The maximum absolute atomic E-state index is 11.4. The minimum absolute atomic E-state index is 0.187. The molecule has 0 atom stereocenters. The molecule has 1 heterocycles. The Kier molecular flexibility index (Phi) is 3.66. The van der Waals surface area contributed by atoms with E-state index in [0.717, 1.165) is 0 Å². The van der Waals surface area contributed by atoms with Crippen LogP contribution in [0.15, 0.2) is 18.2 Å². The van der Waals surface area contributed by atoms with Crippen molar-refractivity contribution in [2.75, 3.05) is 5.32 Å². The van der Waals surface area contributed by atoms with Crippen LogP contribution in [0.1, 0.15) is 24.2 Å². The van der Waals surface area contributed by atoms with E-state index in [9.17, 15) is 9.59 Å². The van der Waals surface area contributed by atoms with Gasteiger partial charge in [-0.3, -0.25) is 5.32 Å². The maximum Gasteiger partial charge on any atom is 0.413 e. The predicted octanol–water partition coefficient (Wildman–Crippen LogP) is 2.95. The van der Waals surface area contributed by atoms with Crippen LogP contribution in [0.5, 0.6) is 0 Å². The summed E-state index contributed by atoms with van der Waals surface area (Å²) in [6.07, 6.45) is -0.791. The molecule has 1 aromatic heterocycles. The second-order valence-corrected chi connectivity index (χ2v) is 5.12. The minimum Gasteiger partial charge on any atom is -0.478 e. The molecule has 0 aliphatic heterocycles. The number of anilines is 1. The van der Waals surface area contributed by atoms with Crippen molar-refractivity contribution in [2.45, 2.75) is 20.0 Å². The monoisotopic (exact) mass is 280 g/mol. The van der Waals surface area contributed by atoms with Gasteiger partial charge < -0.3 is 9.84 Å². The number of carbonyl (C=O) groups excluding carboxylic acids is 1. The number of benzene rings is 1. The third-order valence-electron chi connectivity index (χ3n) is 2.19. The lowest BCUT2D eigenvalue weighted by atomic mass is 10.2. The van der Waals surface area contributed by atoms with E-state index in [4.69, 9.17) is 9.84 Å². The second-order valence-electron chi connectivity index (χ2n) is 4.09. The van der Waals surface area contributed by atoms with Gasteiger partial charge in [0.25, 0.3) is 0 Å². The van der Waals surface area contributed by atoms with Crippen molar-refractivity contribution in [1.82, 2.24) is 4.98 Å².